The Kier molecular flexibility index (Phi) is 17.8. The molecule has 0 aromatic heterocycles. The van der Waals surface area contributed by atoms with Gasteiger partial charge in [-0.25, -0.2) is 0 Å². The van der Waals surface area contributed by atoms with E-state index in [0.29, 0.717) is 85.2 Å². The molecule has 13 nitrogen and oxygen atoms in total. The SMILES string of the molecule is C=C(COC(COCCCOC(C)(C)OC)COCC1COC(C)(C)O1)COC(COCC1COC(C)(C)C1)COCC1COC(C)(C)O1. The standard InChI is InChI=1S/C36H66O13/c1-27(15-42-29(19-38-12-11-13-44-34(4,5)37-10)21-40-23-31-25-46-35(6,7)48-31)16-43-30(20-39-17-28-14-33(2,3)45-18-28)22-41-24-32-26-47-36(8,9)49-32/h28-32H,1,11-26H2,2-10H3. The first kappa shape index (κ1) is 42.6. The van der Waals surface area contributed by atoms with Gasteiger partial charge in [0.2, 0.25) is 0 Å². The summed E-state index contributed by atoms with van der Waals surface area (Å²) in [6.07, 6.45) is 0.816. The van der Waals surface area contributed by atoms with Crippen molar-refractivity contribution in [3.8, 4) is 0 Å². The number of hydrogen-bond donors (Lipinski definition) is 0. The molecule has 5 unspecified atom stereocenters. The van der Waals surface area contributed by atoms with Gasteiger partial charge in [0, 0.05) is 19.6 Å². The van der Waals surface area contributed by atoms with Crippen molar-refractivity contribution in [3.05, 3.63) is 12.2 Å². The molecule has 3 rings (SSSR count). The van der Waals surface area contributed by atoms with Crippen LogP contribution >= 0.6 is 0 Å². The second-order valence-electron chi connectivity index (χ2n) is 15.2. The van der Waals surface area contributed by atoms with E-state index in [9.17, 15) is 0 Å². The van der Waals surface area contributed by atoms with Crippen molar-refractivity contribution in [2.75, 3.05) is 99.6 Å². The minimum Gasteiger partial charge on any atom is -0.379 e. The molecular formula is C36H66O13. The fourth-order valence-electron chi connectivity index (χ4n) is 5.54. The maximum atomic E-state index is 6.23. The molecule has 0 radical (unpaired) electrons. The molecule has 0 bridgehead atoms. The van der Waals surface area contributed by atoms with Gasteiger partial charge in [-0.1, -0.05) is 6.58 Å². The van der Waals surface area contributed by atoms with Gasteiger partial charge in [0.15, 0.2) is 17.4 Å². The van der Waals surface area contributed by atoms with E-state index < -0.39 is 17.4 Å². The molecule has 5 atom stereocenters. The van der Waals surface area contributed by atoms with Crippen LogP contribution in [0.5, 0.6) is 0 Å². The van der Waals surface area contributed by atoms with Crippen LogP contribution in [0.15, 0.2) is 12.2 Å². The molecule has 0 spiro atoms. The third-order valence-corrected chi connectivity index (χ3v) is 8.22. The summed E-state index contributed by atoms with van der Waals surface area (Å²) in [5.41, 5.74) is 0.668. The molecular weight excluding hydrogens is 640 g/mol. The van der Waals surface area contributed by atoms with E-state index in [1.54, 1.807) is 7.11 Å². The molecule has 3 heterocycles. The predicted molar refractivity (Wildman–Crippen MR) is 181 cm³/mol. The second-order valence-corrected chi connectivity index (χ2v) is 15.2. The van der Waals surface area contributed by atoms with Crippen LogP contribution in [0.3, 0.4) is 0 Å². The zero-order valence-electron chi connectivity index (χ0n) is 31.7. The highest BCUT2D eigenvalue weighted by Gasteiger charge is 2.34. The Balaban J connectivity index is 1.42. The lowest BCUT2D eigenvalue weighted by Gasteiger charge is -2.24. The fourth-order valence-corrected chi connectivity index (χ4v) is 5.54. The molecule has 0 aliphatic carbocycles. The van der Waals surface area contributed by atoms with Gasteiger partial charge in [0.05, 0.1) is 91.5 Å². The topological polar surface area (TPSA) is 120 Å². The monoisotopic (exact) mass is 706 g/mol. The largest absolute Gasteiger partial charge is 0.379 e. The average Bonchev–Trinajstić information content (AvgIpc) is 3.69. The predicted octanol–water partition coefficient (Wildman–Crippen LogP) is 4.29. The van der Waals surface area contributed by atoms with Crippen molar-refractivity contribution in [2.45, 2.75) is 116 Å². The summed E-state index contributed by atoms with van der Waals surface area (Å²) in [5, 5.41) is 0. The smallest absolute Gasteiger partial charge is 0.163 e. The van der Waals surface area contributed by atoms with Crippen LogP contribution in [-0.2, 0) is 61.6 Å². The Morgan fingerprint density at radius 2 is 1.22 bits per heavy atom. The lowest BCUT2D eigenvalue weighted by atomic mass is 9.99. The number of rotatable bonds is 26. The minimum atomic E-state index is -0.627. The molecule has 13 heteroatoms. The maximum Gasteiger partial charge on any atom is 0.163 e. The normalized spacial score (nSPS) is 25.9. The van der Waals surface area contributed by atoms with E-state index in [1.165, 1.54) is 0 Å². The van der Waals surface area contributed by atoms with Crippen LogP contribution < -0.4 is 0 Å². The average molecular weight is 707 g/mol. The number of methoxy groups -OCH3 is 1. The minimum absolute atomic E-state index is 0.110. The van der Waals surface area contributed by atoms with Crippen LogP contribution in [-0.4, -0.2) is 147 Å². The van der Waals surface area contributed by atoms with Crippen molar-refractivity contribution in [2.24, 2.45) is 5.92 Å². The summed E-state index contributed by atoms with van der Waals surface area (Å²) in [7, 11) is 1.62. The van der Waals surface area contributed by atoms with E-state index in [0.717, 1.165) is 18.4 Å². The maximum absolute atomic E-state index is 6.23. The van der Waals surface area contributed by atoms with E-state index >= 15 is 0 Å². The lowest BCUT2D eigenvalue weighted by Crippen LogP contribution is -2.32. The molecule has 0 saturated carbocycles. The first-order chi connectivity index (χ1) is 23.1. The van der Waals surface area contributed by atoms with Crippen molar-refractivity contribution in [1.29, 1.82) is 0 Å². The summed E-state index contributed by atoms with van der Waals surface area (Å²) < 4.78 is 76.3. The summed E-state index contributed by atoms with van der Waals surface area (Å²) in [4.78, 5) is 0. The molecule has 49 heavy (non-hydrogen) atoms. The highest BCUT2D eigenvalue weighted by atomic mass is 16.8. The molecule has 3 saturated heterocycles. The molecule has 0 aromatic carbocycles. The van der Waals surface area contributed by atoms with E-state index in [-0.39, 0.29) is 43.2 Å². The first-order valence-corrected chi connectivity index (χ1v) is 17.7. The molecule has 3 aliphatic rings. The van der Waals surface area contributed by atoms with Crippen LogP contribution in [0.4, 0.5) is 0 Å². The Morgan fingerprint density at radius 3 is 1.67 bits per heavy atom. The molecule has 0 aromatic rings. The Hall–Kier alpha value is -0.780. The molecule has 3 aliphatic heterocycles. The van der Waals surface area contributed by atoms with Crippen molar-refractivity contribution < 1.29 is 61.6 Å². The summed E-state index contributed by atoms with van der Waals surface area (Å²) in [6, 6.07) is 0. The van der Waals surface area contributed by atoms with Crippen LogP contribution in [0.25, 0.3) is 0 Å². The number of ether oxygens (including phenoxy) is 13. The van der Waals surface area contributed by atoms with E-state index in [2.05, 4.69) is 20.4 Å². The zero-order chi connectivity index (χ0) is 36.0. The third-order valence-electron chi connectivity index (χ3n) is 8.22. The van der Waals surface area contributed by atoms with Gasteiger partial charge >= 0.3 is 0 Å². The quantitative estimate of drug-likeness (QED) is 0.0724. The summed E-state index contributed by atoms with van der Waals surface area (Å²) in [6.45, 7) is 25.9. The van der Waals surface area contributed by atoms with Gasteiger partial charge in [-0.2, -0.15) is 0 Å². The van der Waals surface area contributed by atoms with E-state index in [1.807, 2.05) is 41.5 Å². The van der Waals surface area contributed by atoms with Crippen LogP contribution in [0.1, 0.15) is 68.2 Å². The van der Waals surface area contributed by atoms with Gasteiger partial charge in [-0.15, -0.1) is 0 Å². The Bertz CT molecular complexity index is 908. The van der Waals surface area contributed by atoms with Crippen molar-refractivity contribution in [3.63, 3.8) is 0 Å². The third kappa shape index (κ3) is 18.0. The summed E-state index contributed by atoms with van der Waals surface area (Å²) >= 11 is 0. The van der Waals surface area contributed by atoms with Crippen molar-refractivity contribution in [1.82, 2.24) is 0 Å². The van der Waals surface area contributed by atoms with Crippen LogP contribution in [0.2, 0.25) is 0 Å². The Labute approximate surface area is 294 Å². The number of hydrogen-bond acceptors (Lipinski definition) is 13. The highest BCUT2D eigenvalue weighted by molar-refractivity contribution is 4.95. The molecule has 288 valence electrons. The van der Waals surface area contributed by atoms with Gasteiger partial charge < -0.3 is 61.6 Å². The second kappa shape index (κ2) is 20.5. The molecule has 0 N–H and O–H groups in total. The van der Waals surface area contributed by atoms with E-state index in [4.69, 9.17) is 61.6 Å². The zero-order valence-corrected chi connectivity index (χ0v) is 31.7. The van der Waals surface area contributed by atoms with Gasteiger partial charge in [0.25, 0.3) is 0 Å². The van der Waals surface area contributed by atoms with Gasteiger partial charge in [-0.3, -0.25) is 0 Å². The molecule has 0 amide bonds. The highest BCUT2D eigenvalue weighted by Crippen LogP contribution is 2.29. The summed E-state index contributed by atoms with van der Waals surface area (Å²) in [5.74, 6) is -1.47. The fraction of sp³-hybridized carbons (Fsp3) is 0.944. The molecule has 3 fully saturated rings. The first-order valence-electron chi connectivity index (χ1n) is 17.7. The lowest BCUT2D eigenvalue weighted by molar-refractivity contribution is -0.198. The van der Waals surface area contributed by atoms with Gasteiger partial charge in [-0.05, 0) is 73.8 Å². The van der Waals surface area contributed by atoms with Crippen LogP contribution in [0, 0.1) is 5.92 Å². The Morgan fingerprint density at radius 1 is 0.714 bits per heavy atom. The van der Waals surface area contributed by atoms with Gasteiger partial charge in [0.1, 0.15) is 24.4 Å². The van der Waals surface area contributed by atoms with Crippen molar-refractivity contribution >= 4 is 0 Å².